The molecule has 0 aromatic rings. The second kappa shape index (κ2) is 7.14. The van der Waals surface area contributed by atoms with Crippen molar-refractivity contribution in [2.45, 2.75) is 43.6 Å². The summed E-state index contributed by atoms with van der Waals surface area (Å²) >= 11 is 0. The average Bonchev–Trinajstić information content (AvgIpc) is 3.14. The van der Waals surface area contributed by atoms with Crippen molar-refractivity contribution in [2.75, 3.05) is 26.2 Å². The summed E-state index contributed by atoms with van der Waals surface area (Å²) < 4.78 is 40.7. The summed E-state index contributed by atoms with van der Waals surface area (Å²) in [5, 5.41) is 3.88. The Morgan fingerprint density at radius 3 is 2.93 bits per heavy atom. The monoisotopic (exact) mass is 406 g/mol. The van der Waals surface area contributed by atoms with Crippen molar-refractivity contribution < 1.29 is 36.4 Å². The topological polar surface area (TPSA) is 147 Å². The van der Waals surface area contributed by atoms with E-state index < -0.39 is 34.4 Å². The molecule has 4 fully saturated rings. The standard InChI is InChI=1S/C14H22N4O8S/c19-13(16-25-12-7-24-11-3-4-15-5-9(11)12)10-2-1-8-6-17(10)14(20)18(8)26-27(21,22)23/h8-12,15H,1-7H2,(H,16,19)(H,21,22,23)/t8-,9?,10+,11?,12?/m1/s1. The predicted octanol–water partition coefficient (Wildman–Crippen LogP) is -1.59. The maximum Gasteiger partial charge on any atom is 0.418 e. The molecule has 4 saturated heterocycles. The largest absolute Gasteiger partial charge is 0.418 e. The Bertz CT molecular complexity index is 718. The minimum absolute atomic E-state index is 0.120. The molecule has 0 aromatic heterocycles. The molecule has 0 aliphatic carbocycles. The van der Waals surface area contributed by atoms with Gasteiger partial charge in [0.2, 0.25) is 0 Å². The Balaban J connectivity index is 1.34. The first-order valence-electron chi connectivity index (χ1n) is 8.88. The SMILES string of the molecule is O=C(NOC1COC2CCNCC21)[C@@H]1CC[C@@H]2CN1C(=O)N2OS(=O)(=O)O. The molecule has 3 unspecified atom stereocenters. The number of amides is 3. The molecule has 4 heterocycles. The number of nitrogens with one attached hydrogen (secondary N) is 2. The van der Waals surface area contributed by atoms with Gasteiger partial charge in [-0.25, -0.2) is 10.3 Å². The molecule has 0 spiro atoms. The molecule has 27 heavy (non-hydrogen) atoms. The first-order chi connectivity index (χ1) is 12.8. The van der Waals surface area contributed by atoms with Crippen molar-refractivity contribution in [1.82, 2.24) is 20.8 Å². The highest BCUT2D eigenvalue weighted by atomic mass is 32.3. The lowest BCUT2D eigenvalue weighted by Crippen LogP contribution is -2.51. The highest BCUT2D eigenvalue weighted by Crippen LogP contribution is 2.31. The number of piperidine rings is 2. The molecule has 4 aliphatic heterocycles. The zero-order valence-electron chi connectivity index (χ0n) is 14.4. The van der Waals surface area contributed by atoms with Gasteiger partial charge in [-0.2, -0.15) is 13.5 Å². The lowest BCUT2D eigenvalue weighted by molar-refractivity contribution is -0.145. The van der Waals surface area contributed by atoms with E-state index in [2.05, 4.69) is 15.1 Å². The molecule has 0 aromatic carbocycles. The number of hydrogen-bond acceptors (Lipinski definition) is 8. The summed E-state index contributed by atoms with van der Waals surface area (Å²) in [6.45, 7) is 2.17. The van der Waals surface area contributed by atoms with Crippen LogP contribution in [0.2, 0.25) is 0 Å². The molecule has 2 bridgehead atoms. The Kier molecular flexibility index (Phi) is 4.98. The number of fused-ring (bicyclic) bond motifs is 3. The molecular formula is C14H22N4O8S. The molecule has 5 atom stereocenters. The van der Waals surface area contributed by atoms with Gasteiger partial charge in [-0.3, -0.25) is 14.2 Å². The van der Waals surface area contributed by atoms with Crippen LogP contribution >= 0.6 is 0 Å². The zero-order chi connectivity index (χ0) is 19.2. The van der Waals surface area contributed by atoms with Gasteiger partial charge in [0.1, 0.15) is 12.1 Å². The van der Waals surface area contributed by atoms with Gasteiger partial charge in [0, 0.05) is 19.0 Å². The maximum atomic E-state index is 12.5. The quantitative estimate of drug-likeness (QED) is 0.363. The number of carbonyl (C=O) groups excluding carboxylic acids is 2. The van der Waals surface area contributed by atoms with E-state index in [0.717, 1.165) is 19.5 Å². The predicted molar refractivity (Wildman–Crippen MR) is 87.1 cm³/mol. The molecular weight excluding hydrogens is 384 g/mol. The second-order valence-corrected chi connectivity index (χ2v) is 8.17. The van der Waals surface area contributed by atoms with Crippen molar-refractivity contribution in [3.8, 4) is 0 Å². The number of hydroxylamine groups is 3. The fourth-order valence-corrected chi connectivity index (χ4v) is 4.59. The van der Waals surface area contributed by atoms with E-state index in [0.29, 0.717) is 24.5 Å². The molecule has 12 nitrogen and oxygen atoms in total. The zero-order valence-corrected chi connectivity index (χ0v) is 15.3. The molecule has 4 aliphatic rings. The fourth-order valence-electron chi connectivity index (χ4n) is 4.21. The van der Waals surface area contributed by atoms with Gasteiger partial charge in [-0.1, -0.05) is 0 Å². The first kappa shape index (κ1) is 18.8. The number of nitrogens with zero attached hydrogens (tertiary/aromatic N) is 2. The normalized spacial score (nSPS) is 36.0. The summed E-state index contributed by atoms with van der Waals surface area (Å²) in [6, 6.07) is -2.12. The number of carbonyl (C=O) groups is 2. The van der Waals surface area contributed by atoms with E-state index in [-0.39, 0.29) is 24.7 Å². The molecule has 3 amide bonds. The number of ether oxygens (including phenoxy) is 1. The van der Waals surface area contributed by atoms with Crippen LogP contribution in [0.3, 0.4) is 0 Å². The Morgan fingerprint density at radius 2 is 2.15 bits per heavy atom. The Labute approximate surface area is 155 Å². The van der Waals surface area contributed by atoms with E-state index in [1.807, 2.05) is 0 Å². The van der Waals surface area contributed by atoms with Crippen molar-refractivity contribution in [3.05, 3.63) is 0 Å². The summed E-state index contributed by atoms with van der Waals surface area (Å²) in [4.78, 5) is 31.6. The lowest BCUT2D eigenvalue weighted by atomic mass is 9.94. The molecule has 152 valence electrons. The summed E-state index contributed by atoms with van der Waals surface area (Å²) in [5.74, 6) is -0.329. The lowest BCUT2D eigenvalue weighted by Gasteiger charge is -2.30. The van der Waals surface area contributed by atoms with Gasteiger partial charge in [0.15, 0.2) is 0 Å². The summed E-state index contributed by atoms with van der Waals surface area (Å²) in [5.41, 5.74) is 2.43. The minimum Gasteiger partial charge on any atom is -0.375 e. The van der Waals surface area contributed by atoms with Gasteiger partial charge in [-0.15, -0.1) is 4.28 Å². The number of urea groups is 1. The van der Waals surface area contributed by atoms with E-state index in [1.54, 1.807) is 0 Å². The van der Waals surface area contributed by atoms with Crippen LogP contribution in [0.25, 0.3) is 0 Å². The van der Waals surface area contributed by atoms with Crippen LogP contribution in [0.5, 0.6) is 0 Å². The third kappa shape index (κ3) is 3.75. The van der Waals surface area contributed by atoms with Crippen LogP contribution in [0, 0.1) is 5.92 Å². The van der Waals surface area contributed by atoms with E-state index in [1.165, 1.54) is 4.90 Å². The van der Waals surface area contributed by atoms with Gasteiger partial charge in [0.25, 0.3) is 5.91 Å². The second-order valence-electron chi connectivity index (χ2n) is 7.16. The number of hydrogen-bond donors (Lipinski definition) is 3. The van der Waals surface area contributed by atoms with Crippen LogP contribution in [-0.4, -0.2) is 85.4 Å². The van der Waals surface area contributed by atoms with Crippen LogP contribution in [0.1, 0.15) is 19.3 Å². The Morgan fingerprint density at radius 1 is 1.33 bits per heavy atom. The van der Waals surface area contributed by atoms with Gasteiger partial charge in [0.05, 0.1) is 18.8 Å². The third-order valence-electron chi connectivity index (χ3n) is 5.53. The average molecular weight is 406 g/mol. The molecule has 4 rings (SSSR count). The van der Waals surface area contributed by atoms with Crippen molar-refractivity contribution in [1.29, 1.82) is 0 Å². The third-order valence-corrected chi connectivity index (χ3v) is 5.88. The van der Waals surface area contributed by atoms with Crippen LogP contribution < -0.4 is 10.8 Å². The molecule has 0 saturated carbocycles. The minimum atomic E-state index is -4.82. The molecule has 0 radical (unpaired) electrons. The highest BCUT2D eigenvalue weighted by molar-refractivity contribution is 7.80. The Hall–Kier alpha value is -1.51. The molecule has 3 N–H and O–H groups in total. The first-order valence-corrected chi connectivity index (χ1v) is 10.2. The van der Waals surface area contributed by atoms with Crippen molar-refractivity contribution >= 4 is 22.3 Å². The molecule has 13 heteroatoms. The van der Waals surface area contributed by atoms with Crippen molar-refractivity contribution in [3.63, 3.8) is 0 Å². The summed E-state index contributed by atoms with van der Waals surface area (Å²) in [7, 11) is -4.82. The maximum absolute atomic E-state index is 12.5. The van der Waals surface area contributed by atoms with Gasteiger partial charge in [-0.05, 0) is 25.8 Å². The van der Waals surface area contributed by atoms with E-state index >= 15 is 0 Å². The van der Waals surface area contributed by atoms with Crippen LogP contribution in [0.4, 0.5) is 4.79 Å². The van der Waals surface area contributed by atoms with Crippen LogP contribution in [0.15, 0.2) is 0 Å². The van der Waals surface area contributed by atoms with E-state index in [9.17, 15) is 18.0 Å². The fraction of sp³-hybridized carbons (Fsp3) is 0.857. The highest BCUT2D eigenvalue weighted by Gasteiger charge is 2.49. The van der Waals surface area contributed by atoms with Gasteiger partial charge < -0.3 is 15.0 Å². The van der Waals surface area contributed by atoms with Crippen molar-refractivity contribution in [2.24, 2.45) is 5.92 Å². The smallest absolute Gasteiger partial charge is 0.375 e. The van der Waals surface area contributed by atoms with Gasteiger partial charge >= 0.3 is 16.4 Å². The van der Waals surface area contributed by atoms with E-state index in [4.69, 9.17) is 14.1 Å². The van der Waals surface area contributed by atoms with Crippen LogP contribution in [-0.2, 0) is 29.1 Å². The summed E-state index contributed by atoms with van der Waals surface area (Å²) in [6.07, 6.45) is 1.43. The number of rotatable bonds is 5.